The van der Waals surface area contributed by atoms with Gasteiger partial charge in [-0.2, -0.15) is 0 Å². The van der Waals surface area contributed by atoms with Crippen LogP contribution >= 0.6 is 11.6 Å². The van der Waals surface area contributed by atoms with Crippen molar-refractivity contribution in [3.63, 3.8) is 0 Å². The zero-order chi connectivity index (χ0) is 9.31. The molecule has 1 aromatic carbocycles. The van der Waals surface area contributed by atoms with Crippen LogP contribution in [-0.4, -0.2) is 5.38 Å². The zero-order valence-electron chi connectivity index (χ0n) is 7.96. The summed E-state index contributed by atoms with van der Waals surface area (Å²) in [4.78, 5) is 0. The van der Waals surface area contributed by atoms with Crippen LogP contribution in [0.2, 0.25) is 0 Å². The molecule has 13 heavy (non-hydrogen) atoms. The van der Waals surface area contributed by atoms with E-state index in [2.05, 4.69) is 37.3 Å². The Morgan fingerprint density at radius 1 is 1.31 bits per heavy atom. The molecule has 1 heteroatoms. The van der Waals surface area contributed by atoms with E-state index >= 15 is 0 Å². The van der Waals surface area contributed by atoms with Crippen LogP contribution in [0.3, 0.4) is 0 Å². The van der Waals surface area contributed by atoms with Crippen LogP contribution in [0.25, 0.3) is 0 Å². The van der Waals surface area contributed by atoms with Crippen molar-refractivity contribution in [3.05, 3.63) is 35.9 Å². The molecule has 1 aliphatic rings. The highest BCUT2D eigenvalue weighted by Gasteiger charge is 2.46. The fourth-order valence-electron chi connectivity index (χ4n) is 1.88. The summed E-state index contributed by atoms with van der Waals surface area (Å²) < 4.78 is 0. The van der Waals surface area contributed by atoms with E-state index in [0.717, 1.165) is 6.42 Å². The monoisotopic (exact) mass is 194 g/mol. The second-order valence-corrected chi connectivity index (χ2v) is 4.80. The molecule has 1 aromatic rings. The van der Waals surface area contributed by atoms with Crippen molar-refractivity contribution in [1.29, 1.82) is 0 Å². The minimum atomic E-state index is 0.313. The summed E-state index contributed by atoms with van der Waals surface area (Å²) in [7, 11) is 0. The number of halogens is 1. The van der Waals surface area contributed by atoms with Gasteiger partial charge in [0.15, 0.2) is 0 Å². The molecular weight excluding hydrogens is 180 g/mol. The molecule has 0 aromatic heterocycles. The fourth-order valence-corrected chi connectivity index (χ4v) is 2.17. The molecule has 1 aliphatic carbocycles. The van der Waals surface area contributed by atoms with Crippen LogP contribution in [0.4, 0.5) is 0 Å². The van der Waals surface area contributed by atoms with E-state index in [0.29, 0.717) is 10.8 Å². The van der Waals surface area contributed by atoms with Gasteiger partial charge in [0.25, 0.3) is 0 Å². The molecule has 70 valence electrons. The molecule has 1 fully saturated rings. The molecule has 0 spiro atoms. The first-order valence-electron chi connectivity index (χ1n) is 4.91. The summed E-state index contributed by atoms with van der Waals surface area (Å²) in [6.45, 7) is 2.12. The summed E-state index contributed by atoms with van der Waals surface area (Å²) >= 11 is 6.18. The molecule has 0 N–H and O–H groups in total. The third kappa shape index (κ3) is 1.88. The van der Waals surface area contributed by atoms with Crippen LogP contribution < -0.4 is 0 Å². The van der Waals surface area contributed by atoms with E-state index in [1.807, 2.05) is 0 Å². The van der Waals surface area contributed by atoms with E-state index in [-0.39, 0.29) is 0 Å². The van der Waals surface area contributed by atoms with Crippen LogP contribution in [0, 0.1) is 5.41 Å². The van der Waals surface area contributed by atoms with Crippen molar-refractivity contribution in [2.45, 2.75) is 31.6 Å². The van der Waals surface area contributed by atoms with Crippen molar-refractivity contribution >= 4 is 11.6 Å². The van der Waals surface area contributed by atoms with Gasteiger partial charge in [0.1, 0.15) is 0 Å². The Kier molecular flexibility index (Phi) is 2.33. The second kappa shape index (κ2) is 3.34. The maximum absolute atomic E-state index is 6.18. The van der Waals surface area contributed by atoms with Crippen LogP contribution in [0.15, 0.2) is 30.3 Å². The molecule has 0 amide bonds. The van der Waals surface area contributed by atoms with Gasteiger partial charge >= 0.3 is 0 Å². The summed E-state index contributed by atoms with van der Waals surface area (Å²) in [5, 5.41) is 0.313. The molecular formula is C12H15Cl. The lowest BCUT2D eigenvalue weighted by Gasteiger charge is -2.17. The molecule has 1 saturated carbocycles. The molecule has 0 aliphatic heterocycles. The highest BCUT2D eigenvalue weighted by molar-refractivity contribution is 6.21. The van der Waals surface area contributed by atoms with Gasteiger partial charge in [-0.3, -0.25) is 0 Å². The molecule has 0 bridgehead atoms. The van der Waals surface area contributed by atoms with Gasteiger partial charge < -0.3 is 0 Å². The molecule has 2 rings (SSSR count). The van der Waals surface area contributed by atoms with Crippen LogP contribution in [0.5, 0.6) is 0 Å². The topological polar surface area (TPSA) is 0 Å². The van der Waals surface area contributed by atoms with Crippen LogP contribution in [0.1, 0.15) is 25.3 Å². The number of rotatable bonds is 3. The summed E-state index contributed by atoms with van der Waals surface area (Å²) in [5.41, 5.74) is 1.84. The summed E-state index contributed by atoms with van der Waals surface area (Å²) in [6.07, 6.45) is 3.75. The first-order valence-corrected chi connectivity index (χ1v) is 5.35. The Labute approximate surface area is 84.9 Å². The largest absolute Gasteiger partial charge is 0.123 e. The normalized spacial score (nSPS) is 21.1. The molecule has 0 nitrogen and oxygen atoms in total. The maximum Gasteiger partial charge on any atom is 0.0367 e. The fraction of sp³-hybridized carbons (Fsp3) is 0.500. The van der Waals surface area contributed by atoms with E-state index in [9.17, 15) is 0 Å². The zero-order valence-corrected chi connectivity index (χ0v) is 8.72. The standard InChI is InChI=1S/C12H15Cl/c1-10(13)12(7-8-12)9-11-5-3-2-4-6-11/h2-6,10H,7-9H2,1H3. The van der Waals surface area contributed by atoms with Gasteiger partial charge in [-0.15, -0.1) is 11.6 Å². The van der Waals surface area contributed by atoms with Crippen LogP contribution in [-0.2, 0) is 6.42 Å². The lowest BCUT2D eigenvalue weighted by atomic mass is 9.94. The molecule has 0 heterocycles. The Hall–Kier alpha value is -0.490. The predicted octanol–water partition coefficient (Wildman–Crippen LogP) is 3.64. The van der Waals surface area contributed by atoms with Gasteiger partial charge in [-0.1, -0.05) is 30.3 Å². The van der Waals surface area contributed by atoms with Gasteiger partial charge in [-0.25, -0.2) is 0 Å². The average Bonchev–Trinajstić information content (AvgIpc) is 2.87. The molecule has 1 atom stereocenters. The minimum Gasteiger partial charge on any atom is -0.123 e. The Balaban J connectivity index is 2.07. The minimum absolute atomic E-state index is 0.313. The van der Waals surface area contributed by atoms with Gasteiger partial charge in [0, 0.05) is 5.38 Å². The number of alkyl halides is 1. The van der Waals surface area contributed by atoms with Gasteiger partial charge in [0.2, 0.25) is 0 Å². The highest BCUT2D eigenvalue weighted by atomic mass is 35.5. The predicted molar refractivity (Wildman–Crippen MR) is 57.1 cm³/mol. The van der Waals surface area contributed by atoms with E-state index < -0.39 is 0 Å². The van der Waals surface area contributed by atoms with Gasteiger partial charge in [-0.05, 0) is 37.2 Å². The lowest BCUT2D eigenvalue weighted by molar-refractivity contribution is 0.496. The first kappa shape index (κ1) is 9.08. The maximum atomic E-state index is 6.18. The number of hydrogen-bond acceptors (Lipinski definition) is 0. The smallest absolute Gasteiger partial charge is 0.0367 e. The third-order valence-electron chi connectivity index (χ3n) is 3.14. The molecule has 0 radical (unpaired) electrons. The third-order valence-corrected chi connectivity index (χ3v) is 3.60. The summed E-state index contributed by atoms with van der Waals surface area (Å²) in [5.74, 6) is 0. The SMILES string of the molecule is CC(Cl)C1(Cc2ccccc2)CC1. The molecule has 0 saturated heterocycles. The van der Waals surface area contributed by atoms with E-state index in [1.54, 1.807) is 0 Å². The average molecular weight is 195 g/mol. The van der Waals surface area contributed by atoms with E-state index in [4.69, 9.17) is 11.6 Å². The lowest BCUT2D eigenvalue weighted by Crippen LogP contribution is -2.15. The van der Waals surface area contributed by atoms with Crippen molar-refractivity contribution in [2.75, 3.05) is 0 Å². The van der Waals surface area contributed by atoms with Gasteiger partial charge in [0.05, 0.1) is 0 Å². The Morgan fingerprint density at radius 2 is 1.92 bits per heavy atom. The van der Waals surface area contributed by atoms with Crippen molar-refractivity contribution in [1.82, 2.24) is 0 Å². The molecule has 1 unspecified atom stereocenters. The quantitative estimate of drug-likeness (QED) is 0.645. The Morgan fingerprint density at radius 3 is 2.38 bits per heavy atom. The number of benzene rings is 1. The summed E-state index contributed by atoms with van der Waals surface area (Å²) in [6, 6.07) is 10.7. The van der Waals surface area contributed by atoms with Crippen molar-refractivity contribution < 1.29 is 0 Å². The first-order chi connectivity index (χ1) is 6.23. The van der Waals surface area contributed by atoms with Crippen molar-refractivity contribution in [3.8, 4) is 0 Å². The van der Waals surface area contributed by atoms with E-state index in [1.165, 1.54) is 18.4 Å². The van der Waals surface area contributed by atoms with Crippen molar-refractivity contribution in [2.24, 2.45) is 5.41 Å². The second-order valence-electron chi connectivity index (χ2n) is 4.14. The number of hydrogen-bond donors (Lipinski definition) is 0. The Bertz CT molecular complexity index is 272. The highest BCUT2D eigenvalue weighted by Crippen LogP contribution is 2.53.